The molecular weight excluding hydrogens is 284 g/mol. The second-order valence-corrected chi connectivity index (χ2v) is 5.71. The van der Waals surface area contributed by atoms with Gasteiger partial charge in [0.25, 0.3) is 0 Å². The van der Waals surface area contributed by atoms with Crippen molar-refractivity contribution in [1.82, 2.24) is 0 Å². The smallest absolute Gasteiger partial charge is 0.162 e. The van der Waals surface area contributed by atoms with Gasteiger partial charge in [0, 0.05) is 17.5 Å². The van der Waals surface area contributed by atoms with Gasteiger partial charge in [-0.25, -0.2) is 0 Å². The Labute approximate surface area is 135 Å². The Hall–Kier alpha value is -2.74. The van der Waals surface area contributed by atoms with E-state index >= 15 is 0 Å². The number of carbonyl (C=O) groups excluding carboxylic acids is 2. The summed E-state index contributed by atoms with van der Waals surface area (Å²) in [5, 5.41) is 1.99. The lowest BCUT2D eigenvalue weighted by atomic mass is 9.95. The van der Waals surface area contributed by atoms with Crippen LogP contribution in [0.2, 0.25) is 0 Å². The van der Waals surface area contributed by atoms with Crippen molar-refractivity contribution in [3.05, 3.63) is 71.3 Å². The number of hydrogen-bond acceptors (Lipinski definition) is 2. The van der Waals surface area contributed by atoms with Crippen LogP contribution in [0.4, 0.5) is 0 Å². The number of hydrogen-bond donors (Lipinski definition) is 0. The van der Waals surface area contributed by atoms with Gasteiger partial charge >= 0.3 is 0 Å². The molecule has 0 amide bonds. The molecule has 3 aromatic carbocycles. The third-order valence-corrected chi connectivity index (χ3v) is 4.24. The molecule has 0 aliphatic heterocycles. The quantitative estimate of drug-likeness (QED) is 0.489. The third kappa shape index (κ3) is 2.80. The molecule has 0 heterocycles. The average molecular weight is 302 g/mol. The lowest BCUT2D eigenvalue weighted by Gasteiger charge is -2.09. The van der Waals surface area contributed by atoms with Crippen LogP contribution in [0.5, 0.6) is 0 Å². The summed E-state index contributed by atoms with van der Waals surface area (Å²) in [5.74, 6) is 0.145. The molecule has 0 aliphatic rings. The van der Waals surface area contributed by atoms with E-state index in [4.69, 9.17) is 0 Å². The normalized spacial score (nSPS) is 10.7. The van der Waals surface area contributed by atoms with Gasteiger partial charge in [-0.3, -0.25) is 9.59 Å². The minimum Gasteiger partial charge on any atom is -0.298 e. The molecule has 0 atom stereocenters. The predicted molar refractivity (Wildman–Crippen MR) is 94.1 cm³/mol. The summed E-state index contributed by atoms with van der Waals surface area (Å²) in [6.45, 7) is 3.81. The maximum absolute atomic E-state index is 11.9. The lowest BCUT2D eigenvalue weighted by Crippen LogP contribution is -1.96. The maximum Gasteiger partial charge on any atom is 0.162 e. The van der Waals surface area contributed by atoms with Crippen LogP contribution in [0.25, 0.3) is 21.9 Å². The first-order chi connectivity index (χ1) is 11.1. The molecule has 0 saturated carbocycles. The summed E-state index contributed by atoms with van der Waals surface area (Å²) >= 11 is 0. The van der Waals surface area contributed by atoms with Crippen molar-refractivity contribution in [2.45, 2.75) is 20.3 Å². The largest absolute Gasteiger partial charge is 0.298 e. The van der Waals surface area contributed by atoms with E-state index in [0.717, 1.165) is 44.9 Å². The molecule has 0 fully saturated rings. The summed E-state index contributed by atoms with van der Waals surface area (Å²) in [7, 11) is 0. The van der Waals surface area contributed by atoms with Crippen LogP contribution in [-0.2, 0) is 0 Å². The topological polar surface area (TPSA) is 34.1 Å². The predicted octanol–water partition coefficient (Wildman–Crippen LogP) is 5.22. The van der Waals surface area contributed by atoms with Crippen LogP contribution in [-0.4, -0.2) is 12.1 Å². The molecule has 0 spiro atoms. The van der Waals surface area contributed by atoms with Crippen LogP contribution in [0.1, 0.15) is 39.6 Å². The van der Waals surface area contributed by atoms with Gasteiger partial charge in [0.2, 0.25) is 0 Å². The third-order valence-electron chi connectivity index (χ3n) is 4.24. The Morgan fingerprint density at radius 2 is 1.78 bits per heavy atom. The Morgan fingerprint density at radius 1 is 1.00 bits per heavy atom. The number of aryl methyl sites for hydroxylation is 1. The van der Waals surface area contributed by atoms with Crippen LogP contribution in [0, 0.1) is 6.92 Å². The van der Waals surface area contributed by atoms with E-state index in [9.17, 15) is 9.59 Å². The number of Topliss-reactive ketones (excluding diaryl/α,β-unsaturated/α-hetero) is 1. The first-order valence-electron chi connectivity index (χ1n) is 7.76. The highest BCUT2D eigenvalue weighted by atomic mass is 16.1. The average Bonchev–Trinajstić information content (AvgIpc) is 2.60. The first kappa shape index (κ1) is 15.2. The lowest BCUT2D eigenvalue weighted by molar-refractivity contribution is 0.0987. The molecule has 114 valence electrons. The molecule has 0 unspecified atom stereocenters. The van der Waals surface area contributed by atoms with Gasteiger partial charge in [0.15, 0.2) is 12.1 Å². The van der Waals surface area contributed by atoms with Crippen molar-refractivity contribution >= 4 is 22.8 Å². The molecule has 0 N–H and O–H groups in total. The minimum absolute atomic E-state index is 0.145. The number of fused-ring (bicyclic) bond motifs is 1. The number of benzene rings is 3. The zero-order chi connectivity index (χ0) is 16.4. The van der Waals surface area contributed by atoms with Gasteiger partial charge in [-0.15, -0.1) is 0 Å². The van der Waals surface area contributed by atoms with Crippen molar-refractivity contribution in [2.75, 3.05) is 0 Å². The fourth-order valence-corrected chi connectivity index (χ4v) is 2.88. The molecule has 0 bridgehead atoms. The van der Waals surface area contributed by atoms with Gasteiger partial charge in [0.1, 0.15) is 0 Å². The van der Waals surface area contributed by atoms with E-state index in [0.29, 0.717) is 6.42 Å². The van der Waals surface area contributed by atoms with E-state index in [1.807, 2.05) is 62.4 Å². The van der Waals surface area contributed by atoms with Gasteiger partial charge in [0.05, 0.1) is 0 Å². The second-order valence-electron chi connectivity index (χ2n) is 5.71. The zero-order valence-electron chi connectivity index (χ0n) is 13.3. The molecule has 2 nitrogen and oxygen atoms in total. The number of aldehydes is 1. The highest BCUT2D eigenvalue weighted by Crippen LogP contribution is 2.28. The summed E-state index contributed by atoms with van der Waals surface area (Å²) < 4.78 is 0. The zero-order valence-corrected chi connectivity index (χ0v) is 13.3. The first-order valence-corrected chi connectivity index (χ1v) is 7.76. The van der Waals surface area contributed by atoms with Crippen molar-refractivity contribution in [3.63, 3.8) is 0 Å². The molecular formula is C21H18O2. The highest BCUT2D eigenvalue weighted by molar-refractivity contribution is 6.01. The molecule has 3 rings (SSSR count). The molecule has 3 aromatic rings. The van der Waals surface area contributed by atoms with Gasteiger partial charge < -0.3 is 0 Å². The fourth-order valence-electron chi connectivity index (χ4n) is 2.88. The molecule has 23 heavy (non-hydrogen) atoms. The number of ketones is 1. The summed E-state index contributed by atoms with van der Waals surface area (Å²) in [6.07, 6.45) is 1.42. The Balaban J connectivity index is 2.13. The summed E-state index contributed by atoms with van der Waals surface area (Å²) in [5.41, 5.74) is 4.52. The van der Waals surface area contributed by atoms with Crippen molar-refractivity contribution in [1.29, 1.82) is 0 Å². The van der Waals surface area contributed by atoms with Crippen molar-refractivity contribution < 1.29 is 9.59 Å². The monoisotopic (exact) mass is 302 g/mol. The van der Waals surface area contributed by atoms with Crippen LogP contribution in [0.3, 0.4) is 0 Å². The standard InChI is InChI=1S/C21H18O2/c1-3-21(23)18-6-4-5-15(12-18)16-9-10-19-17(11-16)8-7-14(2)20(19)13-22/h4-13H,3H2,1-2H3. The SMILES string of the molecule is CCC(=O)c1cccc(-c2ccc3c(C=O)c(C)ccc3c2)c1. The van der Waals surface area contributed by atoms with E-state index in [2.05, 4.69) is 6.07 Å². The number of carbonyl (C=O) groups is 2. The minimum atomic E-state index is 0.145. The number of rotatable bonds is 4. The molecule has 2 heteroatoms. The van der Waals surface area contributed by atoms with Gasteiger partial charge in [-0.05, 0) is 46.5 Å². The van der Waals surface area contributed by atoms with Crippen LogP contribution in [0.15, 0.2) is 54.6 Å². The molecule has 0 saturated heterocycles. The van der Waals surface area contributed by atoms with E-state index < -0.39 is 0 Å². The van der Waals surface area contributed by atoms with Crippen molar-refractivity contribution in [2.24, 2.45) is 0 Å². The van der Waals surface area contributed by atoms with Crippen LogP contribution >= 0.6 is 0 Å². The summed E-state index contributed by atoms with van der Waals surface area (Å²) in [6, 6.07) is 17.7. The molecule has 0 radical (unpaired) electrons. The molecule has 0 aromatic heterocycles. The van der Waals surface area contributed by atoms with Crippen LogP contribution < -0.4 is 0 Å². The Morgan fingerprint density at radius 3 is 2.52 bits per heavy atom. The van der Waals surface area contributed by atoms with E-state index in [-0.39, 0.29) is 5.78 Å². The Bertz CT molecular complexity index is 907. The van der Waals surface area contributed by atoms with E-state index in [1.54, 1.807) is 0 Å². The maximum atomic E-state index is 11.9. The van der Waals surface area contributed by atoms with E-state index in [1.165, 1.54) is 0 Å². The van der Waals surface area contributed by atoms with Crippen molar-refractivity contribution in [3.8, 4) is 11.1 Å². The highest BCUT2D eigenvalue weighted by Gasteiger charge is 2.08. The fraction of sp³-hybridized carbons (Fsp3) is 0.143. The van der Waals surface area contributed by atoms with Gasteiger partial charge in [-0.2, -0.15) is 0 Å². The Kier molecular flexibility index (Phi) is 4.07. The molecule has 0 aliphatic carbocycles. The van der Waals surface area contributed by atoms with Gasteiger partial charge in [-0.1, -0.05) is 49.4 Å². The second kappa shape index (κ2) is 6.17. The summed E-state index contributed by atoms with van der Waals surface area (Å²) in [4.78, 5) is 23.2.